The Labute approximate surface area is 129 Å². The van der Waals surface area contributed by atoms with Crippen LogP contribution >= 0.6 is 0 Å². The van der Waals surface area contributed by atoms with Gasteiger partial charge >= 0.3 is 6.09 Å². The Balaban J connectivity index is 3.68. The van der Waals surface area contributed by atoms with Gasteiger partial charge in [-0.05, 0) is 52.9 Å². The van der Waals surface area contributed by atoms with E-state index in [2.05, 4.69) is 24.5 Å². The summed E-state index contributed by atoms with van der Waals surface area (Å²) in [5.41, 5.74) is -0.493. The molecule has 0 aromatic heterocycles. The number of ether oxygens (including phenoxy) is 1. The first-order valence-electron chi connectivity index (χ1n) is 7.86. The molecule has 2 amide bonds. The summed E-state index contributed by atoms with van der Waals surface area (Å²) in [6.45, 7) is 12.3. The molecule has 0 saturated heterocycles. The van der Waals surface area contributed by atoms with Gasteiger partial charge in [0, 0.05) is 19.0 Å². The molecule has 0 fully saturated rings. The van der Waals surface area contributed by atoms with E-state index in [1.807, 2.05) is 27.7 Å². The predicted molar refractivity (Wildman–Crippen MR) is 85.1 cm³/mol. The van der Waals surface area contributed by atoms with Gasteiger partial charge in [-0.15, -0.1) is 0 Å². The summed E-state index contributed by atoms with van der Waals surface area (Å²) in [5.74, 6) is 0.694. The van der Waals surface area contributed by atoms with Crippen molar-refractivity contribution >= 4 is 12.0 Å². The van der Waals surface area contributed by atoms with Gasteiger partial charge in [-0.2, -0.15) is 0 Å². The minimum atomic E-state index is -0.493. The maximum Gasteiger partial charge on any atom is 0.407 e. The van der Waals surface area contributed by atoms with E-state index >= 15 is 0 Å². The minimum Gasteiger partial charge on any atom is -0.444 e. The standard InChI is InChI=1S/C16H32N2O3/c1-12(2)9-10-13(3)18-14(19)8-7-11-17-15(20)21-16(4,5)6/h12-13H,7-11H2,1-6H3,(H,17,20)(H,18,19). The van der Waals surface area contributed by atoms with Crippen molar-refractivity contribution in [3.05, 3.63) is 0 Å². The maximum absolute atomic E-state index is 11.7. The molecule has 0 aromatic rings. The molecule has 0 aliphatic carbocycles. The van der Waals surface area contributed by atoms with Crippen molar-refractivity contribution < 1.29 is 14.3 Å². The third-order valence-corrected chi connectivity index (χ3v) is 2.83. The molecule has 0 radical (unpaired) electrons. The molecule has 0 saturated carbocycles. The molecule has 0 spiro atoms. The fraction of sp³-hybridized carbons (Fsp3) is 0.875. The van der Waals surface area contributed by atoms with Crippen molar-refractivity contribution in [3.63, 3.8) is 0 Å². The van der Waals surface area contributed by atoms with Gasteiger partial charge in [0.25, 0.3) is 0 Å². The molecule has 0 aliphatic rings. The van der Waals surface area contributed by atoms with E-state index in [4.69, 9.17) is 4.74 Å². The van der Waals surface area contributed by atoms with Crippen molar-refractivity contribution in [3.8, 4) is 0 Å². The summed E-state index contributed by atoms with van der Waals surface area (Å²) in [6, 6.07) is 0.207. The minimum absolute atomic E-state index is 0.0391. The molecule has 5 heteroatoms. The van der Waals surface area contributed by atoms with Crippen molar-refractivity contribution in [2.75, 3.05) is 6.54 Å². The van der Waals surface area contributed by atoms with E-state index in [-0.39, 0.29) is 11.9 Å². The Morgan fingerprint density at radius 3 is 2.24 bits per heavy atom. The third-order valence-electron chi connectivity index (χ3n) is 2.83. The van der Waals surface area contributed by atoms with Crippen LogP contribution in [0.4, 0.5) is 4.79 Å². The monoisotopic (exact) mass is 300 g/mol. The van der Waals surface area contributed by atoms with E-state index in [1.165, 1.54) is 0 Å². The molecule has 0 rings (SSSR count). The number of alkyl carbamates (subject to hydrolysis) is 1. The van der Waals surface area contributed by atoms with Gasteiger partial charge in [0.1, 0.15) is 5.60 Å². The number of rotatable bonds is 8. The number of amides is 2. The molecular formula is C16H32N2O3. The van der Waals surface area contributed by atoms with Crippen LogP contribution in [-0.2, 0) is 9.53 Å². The second-order valence-electron chi connectivity index (χ2n) is 6.97. The zero-order valence-electron chi connectivity index (χ0n) is 14.4. The first-order valence-corrected chi connectivity index (χ1v) is 7.86. The van der Waals surface area contributed by atoms with Crippen LogP contribution in [0.15, 0.2) is 0 Å². The van der Waals surface area contributed by atoms with Crippen LogP contribution in [0, 0.1) is 5.92 Å². The second-order valence-corrected chi connectivity index (χ2v) is 6.97. The summed E-state index contributed by atoms with van der Waals surface area (Å²) in [6.07, 6.45) is 2.71. The first-order chi connectivity index (χ1) is 9.60. The Morgan fingerprint density at radius 2 is 1.71 bits per heavy atom. The van der Waals surface area contributed by atoms with Crippen LogP contribution in [0.2, 0.25) is 0 Å². The highest BCUT2D eigenvalue weighted by Gasteiger charge is 2.15. The van der Waals surface area contributed by atoms with Gasteiger partial charge in [0.05, 0.1) is 0 Å². The lowest BCUT2D eigenvalue weighted by molar-refractivity contribution is -0.121. The average Bonchev–Trinajstić information content (AvgIpc) is 2.30. The molecule has 124 valence electrons. The number of nitrogens with one attached hydrogen (secondary N) is 2. The van der Waals surface area contributed by atoms with Crippen LogP contribution in [0.3, 0.4) is 0 Å². The summed E-state index contributed by atoms with van der Waals surface area (Å²) in [7, 11) is 0. The van der Waals surface area contributed by atoms with Crippen LogP contribution < -0.4 is 10.6 Å². The van der Waals surface area contributed by atoms with E-state index in [9.17, 15) is 9.59 Å². The number of hydrogen-bond acceptors (Lipinski definition) is 3. The lowest BCUT2D eigenvalue weighted by Gasteiger charge is -2.19. The van der Waals surface area contributed by atoms with Crippen molar-refractivity contribution in [1.29, 1.82) is 0 Å². The van der Waals surface area contributed by atoms with Gasteiger partial charge in [-0.1, -0.05) is 13.8 Å². The third kappa shape index (κ3) is 13.5. The van der Waals surface area contributed by atoms with Crippen molar-refractivity contribution in [2.45, 2.75) is 78.9 Å². The Bertz CT molecular complexity index is 322. The van der Waals surface area contributed by atoms with E-state index in [0.29, 0.717) is 25.3 Å². The molecule has 0 bridgehead atoms. The van der Waals surface area contributed by atoms with E-state index in [0.717, 1.165) is 12.8 Å². The fourth-order valence-electron chi connectivity index (χ4n) is 1.76. The number of hydrogen-bond donors (Lipinski definition) is 2. The summed E-state index contributed by atoms with van der Waals surface area (Å²) >= 11 is 0. The quantitative estimate of drug-likeness (QED) is 0.676. The highest BCUT2D eigenvalue weighted by molar-refractivity contribution is 5.76. The molecule has 1 unspecified atom stereocenters. The largest absolute Gasteiger partial charge is 0.444 e. The van der Waals surface area contributed by atoms with Crippen LogP contribution in [0.25, 0.3) is 0 Å². The normalized spacial score (nSPS) is 12.9. The van der Waals surface area contributed by atoms with Crippen LogP contribution in [-0.4, -0.2) is 30.2 Å². The summed E-state index contributed by atoms with van der Waals surface area (Å²) in [4.78, 5) is 23.1. The van der Waals surface area contributed by atoms with Gasteiger partial charge in [-0.25, -0.2) is 4.79 Å². The van der Waals surface area contributed by atoms with Crippen LogP contribution in [0.5, 0.6) is 0 Å². The van der Waals surface area contributed by atoms with Crippen molar-refractivity contribution in [2.24, 2.45) is 5.92 Å². The second kappa shape index (κ2) is 9.64. The van der Waals surface area contributed by atoms with E-state index in [1.54, 1.807) is 0 Å². The fourth-order valence-corrected chi connectivity index (χ4v) is 1.76. The molecule has 0 heterocycles. The topological polar surface area (TPSA) is 67.4 Å². The highest BCUT2D eigenvalue weighted by atomic mass is 16.6. The zero-order chi connectivity index (χ0) is 16.5. The van der Waals surface area contributed by atoms with Crippen molar-refractivity contribution in [1.82, 2.24) is 10.6 Å². The highest BCUT2D eigenvalue weighted by Crippen LogP contribution is 2.07. The van der Waals surface area contributed by atoms with Gasteiger partial charge < -0.3 is 15.4 Å². The smallest absolute Gasteiger partial charge is 0.407 e. The Morgan fingerprint density at radius 1 is 1.10 bits per heavy atom. The summed E-state index contributed by atoms with van der Waals surface area (Å²) < 4.78 is 5.11. The Kier molecular flexibility index (Phi) is 9.06. The van der Waals surface area contributed by atoms with Gasteiger partial charge in [0.15, 0.2) is 0 Å². The lowest BCUT2D eigenvalue weighted by atomic mass is 10.0. The number of carbonyl (C=O) groups is 2. The summed E-state index contributed by atoms with van der Waals surface area (Å²) in [5, 5.41) is 5.63. The predicted octanol–water partition coefficient (Wildman–Crippen LogP) is 3.23. The lowest BCUT2D eigenvalue weighted by Crippen LogP contribution is -2.35. The molecule has 2 N–H and O–H groups in total. The first kappa shape index (κ1) is 19.7. The SMILES string of the molecule is CC(C)CCC(C)NC(=O)CCCNC(=O)OC(C)(C)C. The zero-order valence-corrected chi connectivity index (χ0v) is 14.4. The van der Waals surface area contributed by atoms with Crippen LogP contribution in [0.1, 0.15) is 67.2 Å². The molecule has 21 heavy (non-hydrogen) atoms. The Hall–Kier alpha value is -1.26. The molecular weight excluding hydrogens is 268 g/mol. The molecule has 0 aliphatic heterocycles. The van der Waals surface area contributed by atoms with Gasteiger partial charge in [-0.3, -0.25) is 4.79 Å². The molecule has 0 aromatic carbocycles. The maximum atomic E-state index is 11.7. The average molecular weight is 300 g/mol. The number of carbonyl (C=O) groups excluding carboxylic acids is 2. The molecule has 5 nitrogen and oxygen atoms in total. The molecule has 1 atom stereocenters. The van der Waals surface area contributed by atoms with Gasteiger partial charge in [0.2, 0.25) is 5.91 Å². The van der Waals surface area contributed by atoms with E-state index < -0.39 is 11.7 Å².